The van der Waals surface area contributed by atoms with Crippen LogP contribution in [0.15, 0.2) is 54.6 Å². The predicted molar refractivity (Wildman–Crippen MR) is 107 cm³/mol. The summed E-state index contributed by atoms with van der Waals surface area (Å²) in [5.41, 5.74) is 1.92. The van der Waals surface area contributed by atoms with E-state index in [1.54, 1.807) is 0 Å². The van der Waals surface area contributed by atoms with Crippen molar-refractivity contribution in [3.8, 4) is 0 Å². The smallest absolute Gasteiger partial charge is 0.230 e. The molecule has 5 heteroatoms. The third kappa shape index (κ3) is 4.03. The van der Waals surface area contributed by atoms with Crippen molar-refractivity contribution < 1.29 is 9.53 Å². The quantitative estimate of drug-likeness (QED) is 0.827. The molecule has 0 aromatic heterocycles. The first-order valence-corrected chi connectivity index (χ1v) is 9.98. The molecule has 0 spiro atoms. The van der Waals surface area contributed by atoms with Crippen LogP contribution < -0.4 is 5.32 Å². The maximum absolute atomic E-state index is 13.0. The number of ether oxygens (including phenoxy) is 1. The van der Waals surface area contributed by atoms with Crippen LogP contribution in [0.25, 0.3) is 0 Å². The van der Waals surface area contributed by atoms with E-state index in [4.69, 9.17) is 16.3 Å². The number of carbonyl (C=O) groups excluding carboxylic acids is 1. The van der Waals surface area contributed by atoms with Crippen LogP contribution >= 0.6 is 11.6 Å². The van der Waals surface area contributed by atoms with Gasteiger partial charge >= 0.3 is 0 Å². The van der Waals surface area contributed by atoms with Crippen molar-refractivity contribution in [1.29, 1.82) is 0 Å². The first-order valence-electron chi connectivity index (χ1n) is 9.60. The van der Waals surface area contributed by atoms with Crippen LogP contribution in [-0.4, -0.2) is 43.7 Å². The van der Waals surface area contributed by atoms with Gasteiger partial charge in [0.2, 0.25) is 5.91 Å². The van der Waals surface area contributed by atoms with Crippen molar-refractivity contribution in [2.75, 3.05) is 32.8 Å². The van der Waals surface area contributed by atoms with Gasteiger partial charge in [0.15, 0.2) is 0 Å². The SMILES string of the molecule is O=C(NCC(c1ccccc1)N1CCOCC1)C1(c2ccc(Cl)cc2)CC1. The van der Waals surface area contributed by atoms with Gasteiger partial charge in [-0.2, -0.15) is 0 Å². The zero-order valence-corrected chi connectivity index (χ0v) is 16.1. The van der Waals surface area contributed by atoms with Crippen LogP contribution in [-0.2, 0) is 14.9 Å². The van der Waals surface area contributed by atoms with Crippen molar-refractivity contribution in [3.63, 3.8) is 0 Å². The second kappa shape index (κ2) is 8.01. The Morgan fingerprint density at radius 1 is 1.07 bits per heavy atom. The molecule has 1 saturated heterocycles. The summed E-state index contributed by atoms with van der Waals surface area (Å²) in [4.78, 5) is 15.4. The van der Waals surface area contributed by atoms with Gasteiger partial charge in [-0.15, -0.1) is 0 Å². The lowest BCUT2D eigenvalue weighted by Gasteiger charge is -2.35. The second-order valence-corrected chi connectivity index (χ2v) is 7.81. The fourth-order valence-electron chi connectivity index (χ4n) is 3.92. The van der Waals surface area contributed by atoms with Crippen molar-refractivity contribution in [1.82, 2.24) is 10.2 Å². The molecule has 1 heterocycles. The Bertz CT molecular complexity index is 769. The van der Waals surface area contributed by atoms with Crippen LogP contribution in [0.4, 0.5) is 0 Å². The van der Waals surface area contributed by atoms with E-state index in [1.807, 2.05) is 30.3 Å². The fraction of sp³-hybridized carbons (Fsp3) is 0.409. The van der Waals surface area contributed by atoms with E-state index in [2.05, 4.69) is 34.5 Å². The first-order chi connectivity index (χ1) is 13.2. The topological polar surface area (TPSA) is 41.6 Å². The summed E-state index contributed by atoms with van der Waals surface area (Å²) in [6, 6.07) is 18.3. The number of rotatable bonds is 6. The number of nitrogens with one attached hydrogen (secondary N) is 1. The summed E-state index contributed by atoms with van der Waals surface area (Å²) in [7, 11) is 0. The van der Waals surface area contributed by atoms with E-state index in [0.29, 0.717) is 11.6 Å². The Hall–Kier alpha value is -1.88. The molecule has 0 bridgehead atoms. The molecule has 1 unspecified atom stereocenters. The number of carbonyl (C=O) groups is 1. The van der Waals surface area contributed by atoms with E-state index in [0.717, 1.165) is 44.7 Å². The van der Waals surface area contributed by atoms with E-state index in [9.17, 15) is 4.79 Å². The van der Waals surface area contributed by atoms with Crippen LogP contribution in [0.1, 0.15) is 30.0 Å². The van der Waals surface area contributed by atoms with Gasteiger partial charge in [-0.1, -0.05) is 54.1 Å². The Labute approximate surface area is 165 Å². The van der Waals surface area contributed by atoms with E-state index in [-0.39, 0.29) is 17.4 Å². The van der Waals surface area contributed by atoms with Gasteiger partial charge in [0.25, 0.3) is 0 Å². The predicted octanol–water partition coefficient (Wildman–Crippen LogP) is 3.56. The maximum Gasteiger partial charge on any atom is 0.230 e. The molecule has 4 rings (SSSR count). The lowest BCUT2D eigenvalue weighted by atomic mass is 9.94. The summed E-state index contributed by atoms with van der Waals surface area (Å²) < 4.78 is 5.50. The summed E-state index contributed by atoms with van der Waals surface area (Å²) in [6.07, 6.45) is 1.79. The first kappa shape index (κ1) is 18.5. The molecular formula is C22H25ClN2O2. The summed E-state index contributed by atoms with van der Waals surface area (Å²) in [5, 5.41) is 3.94. The third-order valence-corrected chi connectivity index (χ3v) is 5.96. The summed E-state index contributed by atoms with van der Waals surface area (Å²) in [6.45, 7) is 3.87. The van der Waals surface area contributed by atoms with Crippen molar-refractivity contribution in [2.45, 2.75) is 24.3 Å². The average molecular weight is 385 g/mol. The Kier molecular flexibility index (Phi) is 5.48. The summed E-state index contributed by atoms with van der Waals surface area (Å²) in [5.74, 6) is 0.124. The van der Waals surface area contributed by atoms with Crippen LogP contribution in [0, 0.1) is 0 Å². The number of nitrogens with zero attached hydrogens (tertiary/aromatic N) is 1. The highest BCUT2D eigenvalue weighted by molar-refractivity contribution is 6.30. The molecule has 1 aliphatic heterocycles. The van der Waals surface area contributed by atoms with Crippen LogP contribution in [0.2, 0.25) is 5.02 Å². The maximum atomic E-state index is 13.0. The number of halogens is 1. The van der Waals surface area contributed by atoms with Gasteiger partial charge in [0, 0.05) is 24.7 Å². The molecule has 27 heavy (non-hydrogen) atoms. The zero-order valence-electron chi connectivity index (χ0n) is 15.4. The van der Waals surface area contributed by atoms with Gasteiger partial charge < -0.3 is 10.1 Å². The van der Waals surface area contributed by atoms with E-state index < -0.39 is 0 Å². The van der Waals surface area contributed by atoms with E-state index >= 15 is 0 Å². The minimum atomic E-state index is -0.378. The molecule has 2 fully saturated rings. The van der Waals surface area contributed by atoms with Gasteiger partial charge in [0.05, 0.1) is 24.7 Å². The van der Waals surface area contributed by atoms with E-state index in [1.165, 1.54) is 5.56 Å². The standard InChI is InChI=1S/C22H25ClN2O2/c23-19-8-6-18(7-9-19)22(10-11-22)21(26)24-16-20(17-4-2-1-3-5-17)25-12-14-27-15-13-25/h1-9,20H,10-16H2,(H,24,26). The number of amides is 1. The molecule has 2 aromatic rings. The van der Waals surface area contributed by atoms with Gasteiger partial charge in [-0.05, 0) is 36.1 Å². The van der Waals surface area contributed by atoms with Crippen LogP contribution in [0.3, 0.4) is 0 Å². The minimum absolute atomic E-state index is 0.124. The highest BCUT2D eigenvalue weighted by Gasteiger charge is 2.51. The molecule has 1 atom stereocenters. The average Bonchev–Trinajstić information content (AvgIpc) is 3.52. The van der Waals surface area contributed by atoms with Crippen molar-refractivity contribution in [3.05, 3.63) is 70.7 Å². The lowest BCUT2D eigenvalue weighted by molar-refractivity contribution is -0.124. The molecule has 1 N–H and O–H groups in total. The Morgan fingerprint density at radius 2 is 1.74 bits per heavy atom. The normalized spacial score (nSPS) is 20.0. The number of hydrogen-bond acceptors (Lipinski definition) is 3. The highest BCUT2D eigenvalue weighted by atomic mass is 35.5. The molecule has 2 aromatic carbocycles. The fourth-order valence-corrected chi connectivity index (χ4v) is 4.05. The largest absolute Gasteiger partial charge is 0.379 e. The highest BCUT2D eigenvalue weighted by Crippen LogP contribution is 2.48. The Morgan fingerprint density at radius 3 is 2.37 bits per heavy atom. The molecule has 2 aliphatic rings. The van der Waals surface area contributed by atoms with Crippen molar-refractivity contribution >= 4 is 17.5 Å². The minimum Gasteiger partial charge on any atom is -0.379 e. The second-order valence-electron chi connectivity index (χ2n) is 7.37. The van der Waals surface area contributed by atoms with Gasteiger partial charge in [-0.25, -0.2) is 0 Å². The number of hydrogen-bond donors (Lipinski definition) is 1. The Balaban J connectivity index is 1.47. The molecule has 4 nitrogen and oxygen atoms in total. The van der Waals surface area contributed by atoms with Gasteiger partial charge in [0.1, 0.15) is 0 Å². The van der Waals surface area contributed by atoms with Crippen LogP contribution in [0.5, 0.6) is 0 Å². The van der Waals surface area contributed by atoms with Crippen molar-refractivity contribution in [2.24, 2.45) is 0 Å². The number of morpholine rings is 1. The third-order valence-electron chi connectivity index (χ3n) is 5.71. The number of benzene rings is 2. The molecule has 1 saturated carbocycles. The molecular weight excluding hydrogens is 360 g/mol. The summed E-state index contributed by atoms with van der Waals surface area (Å²) >= 11 is 6.00. The molecule has 0 radical (unpaired) electrons. The molecule has 1 aliphatic carbocycles. The monoisotopic (exact) mass is 384 g/mol. The zero-order chi connectivity index (χ0) is 18.7. The molecule has 142 valence electrons. The lowest BCUT2D eigenvalue weighted by Crippen LogP contribution is -2.45. The molecule has 1 amide bonds. The van der Waals surface area contributed by atoms with Gasteiger partial charge in [-0.3, -0.25) is 9.69 Å².